The number of hydrogen-bond acceptors (Lipinski definition) is 2. The Morgan fingerprint density at radius 2 is 1.13 bits per heavy atom. The van der Waals surface area contributed by atoms with Crippen molar-refractivity contribution in [3.8, 4) is 0 Å². The van der Waals surface area contributed by atoms with Crippen LogP contribution in [0.2, 0.25) is 0 Å². The molecular weight excluding hydrogens is 280 g/mol. The van der Waals surface area contributed by atoms with Gasteiger partial charge in [-0.3, -0.25) is 0 Å². The minimum Gasteiger partial charge on any atom is -0.234 e. The van der Waals surface area contributed by atoms with E-state index in [1.165, 1.54) is 5.56 Å². The fourth-order valence-electron chi connectivity index (χ4n) is 2.44. The van der Waals surface area contributed by atoms with Crippen molar-refractivity contribution >= 4 is 17.6 Å². The maximum absolute atomic E-state index is 4.69. The number of hydrazone groups is 1. The Kier molecular flexibility index (Phi) is 5.20. The monoisotopic (exact) mass is 300 g/mol. The van der Waals surface area contributed by atoms with Crippen molar-refractivity contribution in [1.82, 2.24) is 0 Å². The molecule has 0 bridgehead atoms. The summed E-state index contributed by atoms with van der Waals surface area (Å²) in [6.45, 7) is 0. The zero-order valence-corrected chi connectivity index (χ0v) is 13.0. The molecule has 0 saturated carbocycles. The molecule has 0 radical (unpaired) electrons. The lowest BCUT2D eigenvalue weighted by Gasteiger charge is -2.19. The molecule has 0 aliphatic carbocycles. The second-order valence-corrected chi connectivity index (χ2v) is 5.31. The van der Waals surface area contributed by atoms with Crippen molar-refractivity contribution in [2.75, 3.05) is 5.01 Å². The SMILES string of the molecule is C(/CCc1ccccc1)=N\N(c1ccccc1)c1ccccc1. The highest BCUT2D eigenvalue weighted by molar-refractivity contribution is 5.67. The quantitative estimate of drug-likeness (QED) is 0.437. The van der Waals surface area contributed by atoms with Crippen LogP contribution in [-0.4, -0.2) is 6.21 Å². The fourth-order valence-corrected chi connectivity index (χ4v) is 2.44. The Labute approximate surface area is 137 Å². The van der Waals surface area contributed by atoms with E-state index < -0.39 is 0 Å². The molecular formula is C21H20N2. The summed E-state index contributed by atoms with van der Waals surface area (Å²) in [6.07, 6.45) is 3.91. The van der Waals surface area contributed by atoms with E-state index in [2.05, 4.69) is 53.6 Å². The molecule has 2 heteroatoms. The van der Waals surface area contributed by atoms with Crippen LogP contribution in [0, 0.1) is 0 Å². The van der Waals surface area contributed by atoms with E-state index in [9.17, 15) is 0 Å². The summed E-state index contributed by atoms with van der Waals surface area (Å²) < 4.78 is 0. The molecule has 0 amide bonds. The van der Waals surface area contributed by atoms with Gasteiger partial charge in [0.2, 0.25) is 0 Å². The number of hydrogen-bond donors (Lipinski definition) is 0. The van der Waals surface area contributed by atoms with E-state index >= 15 is 0 Å². The molecule has 0 aliphatic rings. The van der Waals surface area contributed by atoms with Crippen molar-refractivity contribution in [1.29, 1.82) is 0 Å². The normalized spacial score (nSPS) is 10.8. The molecule has 0 unspecified atom stereocenters. The molecule has 3 aromatic rings. The molecule has 114 valence electrons. The highest BCUT2D eigenvalue weighted by Crippen LogP contribution is 2.24. The van der Waals surface area contributed by atoms with E-state index in [1.807, 2.05) is 53.7 Å². The third-order valence-electron chi connectivity index (χ3n) is 3.60. The first kappa shape index (κ1) is 15.0. The topological polar surface area (TPSA) is 15.6 Å². The van der Waals surface area contributed by atoms with Crippen molar-refractivity contribution in [2.45, 2.75) is 12.8 Å². The minimum atomic E-state index is 0.917. The Hall–Kier alpha value is -2.87. The predicted molar refractivity (Wildman–Crippen MR) is 98.3 cm³/mol. The zero-order valence-electron chi connectivity index (χ0n) is 13.0. The van der Waals surface area contributed by atoms with E-state index in [-0.39, 0.29) is 0 Å². The number of para-hydroxylation sites is 2. The summed E-state index contributed by atoms with van der Waals surface area (Å²) in [5.41, 5.74) is 3.47. The Bertz CT molecular complexity index is 682. The van der Waals surface area contributed by atoms with Crippen LogP contribution in [0.1, 0.15) is 12.0 Å². The molecule has 3 rings (SSSR count). The van der Waals surface area contributed by atoms with Gasteiger partial charge < -0.3 is 0 Å². The van der Waals surface area contributed by atoms with Crippen LogP contribution in [0.4, 0.5) is 11.4 Å². The highest BCUT2D eigenvalue weighted by Gasteiger charge is 2.05. The van der Waals surface area contributed by atoms with E-state index in [0.29, 0.717) is 0 Å². The first-order valence-corrected chi connectivity index (χ1v) is 7.90. The van der Waals surface area contributed by atoms with E-state index in [0.717, 1.165) is 24.2 Å². The van der Waals surface area contributed by atoms with Crippen molar-refractivity contribution in [2.24, 2.45) is 5.10 Å². The average Bonchev–Trinajstić information content (AvgIpc) is 2.64. The number of benzene rings is 3. The van der Waals surface area contributed by atoms with Crippen LogP contribution in [0.15, 0.2) is 96.1 Å². The smallest absolute Gasteiger partial charge is 0.0652 e. The van der Waals surface area contributed by atoms with Crippen LogP contribution >= 0.6 is 0 Å². The molecule has 0 N–H and O–H groups in total. The van der Waals surface area contributed by atoms with Gasteiger partial charge in [-0.1, -0.05) is 66.7 Å². The lowest BCUT2D eigenvalue weighted by Crippen LogP contribution is -2.09. The van der Waals surface area contributed by atoms with Crippen molar-refractivity contribution in [3.05, 3.63) is 96.6 Å². The number of rotatable bonds is 6. The van der Waals surface area contributed by atoms with Gasteiger partial charge in [0.05, 0.1) is 11.4 Å². The van der Waals surface area contributed by atoms with Gasteiger partial charge in [-0.2, -0.15) is 5.10 Å². The van der Waals surface area contributed by atoms with Gasteiger partial charge in [-0.05, 0) is 42.7 Å². The molecule has 0 saturated heterocycles. The third-order valence-corrected chi connectivity index (χ3v) is 3.60. The van der Waals surface area contributed by atoms with Crippen LogP contribution in [-0.2, 0) is 6.42 Å². The van der Waals surface area contributed by atoms with Gasteiger partial charge in [0, 0.05) is 6.21 Å². The summed E-state index contributed by atoms with van der Waals surface area (Å²) in [7, 11) is 0. The lowest BCUT2D eigenvalue weighted by molar-refractivity contribution is 1.02. The minimum absolute atomic E-state index is 0.917. The van der Waals surface area contributed by atoms with Gasteiger partial charge in [0.15, 0.2) is 0 Å². The second kappa shape index (κ2) is 7.95. The van der Waals surface area contributed by atoms with Gasteiger partial charge in [-0.25, -0.2) is 5.01 Å². The molecule has 23 heavy (non-hydrogen) atoms. The summed E-state index contributed by atoms with van der Waals surface area (Å²) in [6, 6.07) is 31.0. The Morgan fingerprint density at radius 3 is 1.65 bits per heavy atom. The summed E-state index contributed by atoms with van der Waals surface area (Å²) in [5, 5.41) is 6.66. The predicted octanol–water partition coefficient (Wildman–Crippen LogP) is 5.44. The lowest BCUT2D eigenvalue weighted by atomic mass is 10.1. The maximum Gasteiger partial charge on any atom is 0.0652 e. The standard InChI is InChI=1S/C21H20N2/c1-4-11-19(12-5-1)13-10-18-22-23(20-14-6-2-7-15-20)21-16-8-3-9-17-21/h1-9,11-12,14-18H,10,13H2/b22-18+. The van der Waals surface area contributed by atoms with Gasteiger partial charge in [0.1, 0.15) is 0 Å². The van der Waals surface area contributed by atoms with Gasteiger partial charge >= 0.3 is 0 Å². The van der Waals surface area contributed by atoms with Crippen molar-refractivity contribution < 1.29 is 0 Å². The molecule has 0 heterocycles. The molecule has 3 aromatic carbocycles. The molecule has 0 atom stereocenters. The van der Waals surface area contributed by atoms with Crippen molar-refractivity contribution in [3.63, 3.8) is 0 Å². The zero-order chi connectivity index (χ0) is 15.7. The molecule has 0 spiro atoms. The average molecular weight is 300 g/mol. The summed E-state index contributed by atoms with van der Waals surface area (Å²) in [4.78, 5) is 0. The van der Waals surface area contributed by atoms with Crippen LogP contribution < -0.4 is 5.01 Å². The molecule has 0 aliphatic heterocycles. The first-order chi connectivity index (χ1) is 11.4. The Balaban J connectivity index is 1.73. The van der Waals surface area contributed by atoms with Crippen LogP contribution in [0.3, 0.4) is 0 Å². The van der Waals surface area contributed by atoms with Gasteiger partial charge in [0.25, 0.3) is 0 Å². The largest absolute Gasteiger partial charge is 0.234 e. The number of nitrogens with zero attached hydrogens (tertiary/aromatic N) is 2. The van der Waals surface area contributed by atoms with Crippen LogP contribution in [0.25, 0.3) is 0 Å². The second-order valence-electron chi connectivity index (χ2n) is 5.31. The summed E-state index contributed by atoms with van der Waals surface area (Å²) in [5.74, 6) is 0. The van der Waals surface area contributed by atoms with Crippen LogP contribution in [0.5, 0.6) is 0 Å². The molecule has 2 nitrogen and oxygen atoms in total. The Morgan fingerprint density at radius 1 is 0.652 bits per heavy atom. The van der Waals surface area contributed by atoms with Gasteiger partial charge in [-0.15, -0.1) is 0 Å². The van der Waals surface area contributed by atoms with E-state index in [1.54, 1.807) is 0 Å². The number of aryl methyl sites for hydroxylation is 1. The highest BCUT2D eigenvalue weighted by atomic mass is 15.5. The molecule has 0 fully saturated rings. The first-order valence-electron chi connectivity index (χ1n) is 7.90. The summed E-state index contributed by atoms with van der Waals surface area (Å²) >= 11 is 0. The third kappa shape index (κ3) is 4.30. The molecule has 0 aromatic heterocycles. The fraction of sp³-hybridized carbons (Fsp3) is 0.0952. The van der Waals surface area contributed by atoms with E-state index in [4.69, 9.17) is 0 Å². The number of anilines is 2. The maximum atomic E-state index is 4.69.